The predicted octanol–water partition coefficient (Wildman–Crippen LogP) is 0.300. The summed E-state index contributed by atoms with van der Waals surface area (Å²) in [5, 5.41) is 18.7. The van der Waals surface area contributed by atoms with Crippen LogP contribution in [-0.2, 0) is 10.3 Å². The van der Waals surface area contributed by atoms with Crippen molar-refractivity contribution in [3.8, 4) is 0 Å². The van der Waals surface area contributed by atoms with Crippen molar-refractivity contribution < 1.29 is 19.6 Å². The molecule has 0 aromatic heterocycles. The Labute approximate surface area is 107 Å². The predicted molar refractivity (Wildman–Crippen MR) is 69.5 cm³/mol. The van der Waals surface area contributed by atoms with Crippen LogP contribution in [0.15, 0.2) is 24.3 Å². The van der Waals surface area contributed by atoms with E-state index in [0.717, 1.165) is 0 Å². The Morgan fingerprint density at radius 3 is 2.39 bits per heavy atom. The Morgan fingerprint density at radius 1 is 1.33 bits per heavy atom. The quantitative estimate of drug-likeness (QED) is 0.758. The second-order valence-electron chi connectivity index (χ2n) is 4.55. The lowest BCUT2D eigenvalue weighted by molar-refractivity contribution is 0.0922. The average molecular weight is 251 g/mol. The van der Waals surface area contributed by atoms with Crippen molar-refractivity contribution in [3.05, 3.63) is 29.8 Å². The molecule has 6 heteroatoms. The molecular formula is C12H18BNO4. The summed E-state index contributed by atoms with van der Waals surface area (Å²) < 4.78 is 4.68. The molecule has 98 valence electrons. The highest BCUT2D eigenvalue weighted by Gasteiger charge is 2.34. The SMILES string of the molecule is COC(=O)N(C)C(C)(C)c1ccccc1B(O)O. The second-order valence-corrected chi connectivity index (χ2v) is 4.55. The van der Waals surface area contributed by atoms with E-state index in [4.69, 9.17) is 0 Å². The Balaban J connectivity index is 3.23. The van der Waals surface area contributed by atoms with Crippen molar-refractivity contribution in [1.29, 1.82) is 0 Å². The molecule has 0 unspecified atom stereocenters. The van der Waals surface area contributed by atoms with Crippen LogP contribution < -0.4 is 5.46 Å². The molecule has 0 radical (unpaired) electrons. The van der Waals surface area contributed by atoms with Gasteiger partial charge >= 0.3 is 13.2 Å². The molecule has 5 nitrogen and oxygen atoms in total. The van der Waals surface area contributed by atoms with E-state index >= 15 is 0 Å². The molecule has 2 N–H and O–H groups in total. The fourth-order valence-corrected chi connectivity index (χ4v) is 1.83. The maximum Gasteiger partial charge on any atom is 0.488 e. The van der Waals surface area contributed by atoms with Crippen molar-refractivity contribution >= 4 is 18.7 Å². The average Bonchev–Trinajstić information content (AvgIpc) is 2.36. The minimum absolute atomic E-state index is 0.373. The van der Waals surface area contributed by atoms with Gasteiger partial charge in [0.25, 0.3) is 0 Å². The topological polar surface area (TPSA) is 70.0 Å². The van der Waals surface area contributed by atoms with Gasteiger partial charge in [0.05, 0.1) is 12.6 Å². The molecule has 0 aliphatic heterocycles. The molecule has 18 heavy (non-hydrogen) atoms. The van der Waals surface area contributed by atoms with Gasteiger partial charge in [-0.05, 0) is 24.9 Å². The van der Waals surface area contributed by atoms with E-state index < -0.39 is 18.8 Å². The summed E-state index contributed by atoms with van der Waals surface area (Å²) in [5.74, 6) is 0. The zero-order valence-corrected chi connectivity index (χ0v) is 11.0. The zero-order chi connectivity index (χ0) is 13.9. The van der Waals surface area contributed by atoms with Gasteiger partial charge in [-0.3, -0.25) is 0 Å². The highest BCUT2D eigenvalue weighted by Crippen LogP contribution is 2.25. The first kappa shape index (κ1) is 14.5. The minimum atomic E-state index is -1.58. The number of ether oxygens (including phenoxy) is 1. The number of hydrogen-bond acceptors (Lipinski definition) is 4. The van der Waals surface area contributed by atoms with Crippen LogP contribution in [-0.4, -0.2) is 42.3 Å². The van der Waals surface area contributed by atoms with E-state index in [1.807, 2.05) is 13.8 Å². The second kappa shape index (κ2) is 5.41. The van der Waals surface area contributed by atoms with E-state index in [9.17, 15) is 14.8 Å². The largest absolute Gasteiger partial charge is 0.488 e. The van der Waals surface area contributed by atoms with E-state index in [2.05, 4.69) is 4.74 Å². The zero-order valence-electron chi connectivity index (χ0n) is 11.0. The Kier molecular flexibility index (Phi) is 4.37. The first-order chi connectivity index (χ1) is 8.32. The van der Waals surface area contributed by atoms with Crippen molar-refractivity contribution in [1.82, 2.24) is 4.90 Å². The number of amides is 1. The molecule has 1 aromatic rings. The number of carbonyl (C=O) groups is 1. The van der Waals surface area contributed by atoms with Crippen LogP contribution in [0.1, 0.15) is 19.4 Å². The van der Waals surface area contributed by atoms with E-state index in [0.29, 0.717) is 11.0 Å². The summed E-state index contributed by atoms with van der Waals surface area (Å²) in [6.45, 7) is 3.62. The number of nitrogens with zero attached hydrogens (tertiary/aromatic N) is 1. The number of hydrogen-bond donors (Lipinski definition) is 2. The van der Waals surface area contributed by atoms with Gasteiger partial charge in [0, 0.05) is 7.05 Å². The Bertz CT molecular complexity index is 434. The van der Waals surface area contributed by atoms with Gasteiger partial charge in [-0.1, -0.05) is 24.3 Å². The molecule has 0 heterocycles. The summed E-state index contributed by atoms with van der Waals surface area (Å²) >= 11 is 0. The highest BCUT2D eigenvalue weighted by atomic mass is 16.5. The van der Waals surface area contributed by atoms with Gasteiger partial charge in [-0.25, -0.2) is 4.79 Å². The third-order valence-electron chi connectivity index (χ3n) is 3.19. The van der Waals surface area contributed by atoms with Gasteiger partial charge in [0.1, 0.15) is 0 Å². The molecule has 0 aliphatic carbocycles. The van der Waals surface area contributed by atoms with Crippen LogP contribution >= 0.6 is 0 Å². The van der Waals surface area contributed by atoms with Crippen molar-refractivity contribution in [2.75, 3.05) is 14.2 Å². The number of rotatable bonds is 3. The van der Waals surface area contributed by atoms with Gasteiger partial charge in [0.2, 0.25) is 0 Å². The van der Waals surface area contributed by atoms with E-state index in [1.165, 1.54) is 12.0 Å². The lowest BCUT2D eigenvalue weighted by Gasteiger charge is -2.36. The number of methoxy groups -OCH3 is 1. The molecule has 0 spiro atoms. The molecule has 1 rings (SSSR count). The molecule has 1 aromatic carbocycles. The molecular weight excluding hydrogens is 233 g/mol. The van der Waals surface area contributed by atoms with Crippen LogP contribution in [0.25, 0.3) is 0 Å². The van der Waals surface area contributed by atoms with E-state index in [-0.39, 0.29) is 0 Å². The maximum absolute atomic E-state index is 11.6. The summed E-state index contributed by atoms with van der Waals surface area (Å²) in [6.07, 6.45) is -0.484. The third kappa shape index (κ3) is 2.65. The fraction of sp³-hybridized carbons (Fsp3) is 0.417. The first-order valence-corrected chi connectivity index (χ1v) is 5.59. The lowest BCUT2D eigenvalue weighted by Crippen LogP contribution is -2.48. The van der Waals surface area contributed by atoms with Gasteiger partial charge in [0.15, 0.2) is 0 Å². The van der Waals surface area contributed by atoms with Crippen LogP contribution in [0.5, 0.6) is 0 Å². The molecule has 0 saturated heterocycles. The van der Waals surface area contributed by atoms with Crippen LogP contribution in [0.3, 0.4) is 0 Å². The highest BCUT2D eigenvalue weighted by molar-refractivity contribution is 6.59. The smallest absolute Gasteiger partial charge is 0.453 e. The third-order valence-corrected chi connectivity index (χ3v) is 3.19. The van der Waals surface area contributed by atoms with Gasteiger partial charge in [-0.2, -0.15) is 0 Å². The molecule has 0 fully saturated rings. The Morgan fingerprint density at radius 2 is 1.89 bits per heavy atom. The molecule has 0 saturated carbocycles. The summed E-state index contributed by atoms with van der Waals surface area (Å²) in [7, 11) is 1.33. The number of carbonyl (C=O) groups excluding carboxylic acids is 1. The van der Waals surface area contributed by atoms with Crippen LogP contribution in [0.2, 0.25) is 0 Å². The first-order valence-electron chi connectivity index (χ1n) is 5.59. The van der Waals surface area contributed by atoms with Crippen molar-refractivity contribution in [3.63, 3.8) is 0 Å². The standard InChI is InChI=1S/C12H18BNO4/c1-12(2,14(3)11(15)18-4)9-7-5-6-8-10(9)13(16)17/h5-8,16-17H,1-4H3. The molecule has 0 aliphatic rings. The monoisotopic (exact) mass is 251 g/mol. The van der Waals surface area contributed by atoms with Crippen molar-refractivity contribution in [2.45, 2.75) is 19.4 Å². The van der Waals surface area contributed by atoms with Gasteiger partial charge < -0.3 is 19.7 Å². The van der Waals surface area contributed by atoms with Gasteiger partial charge in [-0.15, -0.1) is 0 Å². The van der Waals surface area contributed by atoms with Crippen LogP contribution in [0.4, 0.5) is 4.79 Å². The normalized spacial score (nSPS) is 11.0. The Hall–Kier alpha value is -1.53. The summed E-state index contributed by atoms with van der Waals surface area (Å²) in [6, 6.07) is 6.88. The van der Waals surface area contributed by atoms with Crippen molar-refractivity contribution in [2.24, 2.45) is 0 Å². The summed E-state index contributed by atoms with van der Waals surface area (Å²) in [5.41, 5.74) is 0.319. The molecule has 0 bridgehead atoms. The molecule has 0 atom stereocenters. The maximum atomic E-state index is 11.6. The fourth-order valence-electron chi connectivity index (χ4n) is 1.83. The lowest BCUT2D eigenvalue weighted by atomic mass is 9.72. The number of benzene rings is 1. The van der Waals surface area contributed by atoms with Crippen LogP contribution in [0, 0.1) is 0 Å². The minimum Gasteiger partial charge on any atom is -0.453 e. The van der Waals surface area contributed by atoms with E-state index in [1.54, 1.807) is 31.3 Å². The summed E-state index contributed by atoms with van der Waals surface area (Å²) in [4.78, 5) is 13.0. The molecule has 1 amide bonds.